The molecule has 5 rings (SSSR count). The number of aromatic amines is 1. The Morgan fingerprint density at radius 1 is 1.06 bits per heavy atom. The minimum Gasteiger partial charge on any atom is -0.473 e. The van der Waals surface area contributed by atoms with Crippen LogP contribution in [0.15, 0.2) is 67.1 Å². The molecule has 4 heterocycles. The molecule has 0 aliphatic heterocycles. The predicted molar refractivity (Wildman–Crippen MR) is 129 cm³/mol. The van der Waals surface area contributed by atoms with E-state index in [1.807, 2.05) is 43.3 Å². The number of nitrogen functional groups attached to an aromatic ring is 1. The van der Waals surface area contributed by atoms with Gasteiger partial charge in [-0.2, -0.15) is 5.10 Å². The van der Waals surface area contributed by atoms with Crippen molar-refractivity contribution >= 4 is 22.5 Å². The summed E-state index contributed by atoms with van der Waals surface area (Å²) in [5, 5.41) is 7.99. The Morgan fingerprint density at radius 3 is 2.74 bits per heavy atom. The lowest BCUT2D eigenvalue weighted by Gasteiger charge is -2.15. The van der Waals surface area contributed by atoms with E-state index in [2.05, 4.69) is 25.1 Å². The lowest BCUT2D eigenvalue weighted by molar-refractivity contribution is 0.0996. The van der Waals surface area contributed by atoms with Gasteiger partial charge in [0.05, 0.1) is 28.8 Å². The number of anilines is 1. The molecule has 168 valence electrons. The highest BCUT2D eigenvalue weighted by Crippen LogP contribution is 2.37. The fourth-order valence-corrected chi connectivity index (χ4v) is 3.84. The van der Waals surface area contributed by atoms with Gasteiger partial charge in [0.15, 0.2) is 5.69 Å². The molecule has 0 saturated carbocycles. The van der Waals surface area contributed by atoms with Crippen molar-refractivity contribution in [2.45, 2.75) is 13.5 Å². The van der Waals surface area contributed by atoms with Crippen molar-refractivity contribution < 1.29 is 9.53 Å². The van der Waals surface area contributed by atoms with Gasteiger partial charge in [0, 0.05) is 35.0 Å². The monoisotopic (exact) mass is 451 g/mol. The summed E-state index contributed by atoms with van der Waals surface area (Å²) >= 11 is 0. The molecule has 4 aromatic heterocycles. The standard InChI is InChI=1S/C25H21N7O2/c1-14-7-8-18-17(12-29-32-18)22(14)16-10-20(31-24(23(16)26)25(27)33)19-5-2-6-21(30-19)34-13-15-4-3-9-28-11-15/h2-12H,13,26H2,1H3,(H2,27,33)(H,29,32). The number of nitrogens with one attached hydrogen (secondary N) is 1. The third-order valence-corrected chi connectivity index (χ3v) is 5.49. The number of fused-ring (bicyclic) bond motifs is 1. The summed E-state index contributed by atoms with van der Waals surface area (Å²) in [6, 6.07) is 14.8. The number of benzene rings is 1. The molecule has 0 saturated heterocycles. The van der Waals surface area contributed by atoms with Gasteiger partial charge in [-0.3, -0.25) is 14.9 Å². The van der Waals surface area contributed by atoms with Gasteiger partial charge in [0.25, 0.3) is 5.91 Å². The van der Waals surface area contributed by atoms with Crippen LogP contribution in [0.1, 0.15) is 21.6 Å². The smallest absolute Gasteiger partial charge is 0.269 e. The van der Waals surface area contributed by atoms with Crippen LogP contribution in [0.5, 0.6) is 5.88 Å². The summed E-state index contributed by atoms with van der Waals surface area (Å²) in [5.41, 5.74) is 17.4. The molecule has 0 bridgehead atoms. The van der Waals surface area contributed by atoms with Crippen molar-refractivity contribution in [2.24, 2.45) is 5.73 Å². The van der Waals surface area contributed by atoms with Gasteiger partial charge in [-0.1, -0.05) is 18.2 Å². The second kappa shape index (κ2) is 8.62. The number of primary amides is 1. The van der Waals surface area contributed by atoms with Crippen LogP contribution in [0.3, 0.4) is 0 Å². The number of hydrogen-bond acceptors (Lipinski definition) is 7. The summed E-state index contributed by atoms with van der Waals surface area (Å²) in [7, 11) is 0. The van der Waals surface area contributed by atoms with Crippen molar-refractivity contribution in [3.63, 3.8) is 0 Å². The highest BCUT2D eigenvalue weighted by atomic mass is 16.5. The summed E-state index contributed by atoms with van der Waals surface area (Å²) < 4.78 is 5.83. The van der Waals surface area contributed by atoms with E-state index in [0.717, 1.165) is 27.6 Å². The third-order valence-electron chi connectivity index (χ3n) is 5.49. The molecule has 0 atom stereocenters. The van der Waals surface area contributed by atoms with Crippen molar-refractivity contribution in [2.75, 3.05) is 5.73 Å². The molecule has 0 unspecified atom stereocenters. The van der Waals surface area contributed by atoms with E-state index in [1.165, 1.54) is 0 Å². The molecule has 0 aliphatic carbocycles. The number of carbonyl (C=O) groups is 1. The van der Waals surface area contributed by atoms with E-state index >= 15 is 0 Å². The number of amides is 1. The van der Waals surface area contributed by atoms with Gasteiger partial charge in [-0.25, -0.2) is 9.97 Å². The van der Waals surface area contributed by atoms with Crippen LogP contribution in [-0.4, -0.2) is 31.1 Å². The Labute approximate surface area is 194 Å². The van der Waals surface area contributed by atoms with E-state index in [9.17, 15) is 4.79 Å². The van der Waals surface area contributed by atoms with Crippen LogP contribution in [0.25, 0.3) is 33.4 Å². The largest absolute Gasteiger partial charge is 0.473 e. The first-order valence-electron chi connectivity index (χ1n) is 10.5. The average Bonchev–Trinajstić information content (AvgIpc) is 3.33. The van der Waals surface area contributed by atoms with Crippen molar-refractivity contribution in [1.29, 1.82) is 0 Å². The third kappa shape index (κ3) is 3.90. The quantitative estimate of drug-likeness (QED) is 0.357. The number of carbonyl (C=O) groups excluding carboxylic acids is 1. The average molecular weight is 451 g/mol. The van der Waals surface area contributed by atoms with Crippen LogP contribution < -0.4 is 16.2 Å². The number of aromatic nitrogens is 5. The lowest BCUT2D eigenvalue weighted by atomic mass is 9.94. The van der Waals surface area contributed by atoms with Gasteiger partial charge >= 0.3 is 0 Å². The molecule has 34 heavy (non-hydrogen) atoms. The molecule has 9 nitrogen and oxygen atoms in total. The Bertz CT molecular complexity index is 1510. The first-order valence-corrected chi connectivity index (χ1v) is 10.5. The number of aryl methyl sites for hydroxylation is 1. The second-order valence-corrected chi connectivity index (χ2v) is 7.78. The molecule has 0 spiro atoms. The summed E-state index contributed by atoms with van der Waals surface area (Å²) in [6.07, 6.45) is 5.16. The Balaban J connectivity index is 1.60. The number of H-pyrrole nitrogens is 1. The van der Waals surface area contributed by atoms with E-state index in [1.54, 1.807) is 30.7 Å². The van der Waals surface area contributed by atoms with Gasteiger partial charge in [0.2, 0.25) is 5.88 Å². The zero-order valence-corrected chi connectivity index (χ0v) is 18.3. The number of nitrogens with zero attached hydrogens (tertiary/aromatic N) is 4. The van der Waals surface area contributed by atoms with Crippen LogP contribution in [0, 0.1) is 6.92 Å². The Hall–Kier alpha value is -4.79. The zero-order valence-electron chi connectivity index (χ0n) is 18.3. The summed E-state index contributed by atoms with van der Waals surface area (Å²) in [4.78, 5) is 25.3. The van der Waals surface area contributed by atoms with E-state index < -0.39 is 5.91 Å². The molecule has 5 N–H and O–H groups in total. The molecule has 9 heteroatoms. The van der Waals surface area contributed by atoms with Crippen molar-refractivity contribution in [1.82, 2.24) is 25.1 Å². The molecule has 0 radical (unpaired) electrons. The number of ether oxygens (including phenoxy) is 1. The van der Waals surface area contributed by atoms with Crippen molar-refractivity contribution in [3.05, 3.63) is 83.9 Å². The number of pyridine rings is 3. The predicted octanol–water partition coefficient (Wildman–Crippen LogP) is 3.65. The normalized spacial score (nSPS) is 11.0. The van der Waals surface area contributed by atoms with Crippen LogP contribution in [0.4, 0.5) is 5.69 Å². The van der Waals surface area contributed by atoms with Crippen LogP contribution >= 0.6 is 0 Å². The minimum atomic E-state index is -0.721. The van der Waals surface area contributed by atoms with Gasteiger partial charge < -0.3 is 16.2 Å². The van der Waals surface area contributed by atoms with Gasteiger partial charge in [0.1, 0.15) is 6.61 Å². The van der Waals surface area contributed by atoms with E-state index in [0.29, 0.717) is 29.4 Å². The summed E-state index contributed by atoms with van der Waals surface area (Å²) in [5.74, 6) is -0.308. The topological polar surface area (TPSA) is 146 Å². The van der Waals surface area contributed by atoms with Crippen LogP contribution in [0.2, 0.25) is 0 Å². The fourth-order valence-electron chi connectivity index (χ4n) is 3.84. The number of rotatable bonds is 6. The Morgan fingerprint density at radius 2 is 1.94 bits per heavy atom. The minimum absolute atomic E-state index is 0.0177. The van der Waals surface area contributed by atoms with E-state index in [4.69, 9.17) is 16.2 Å². The lowest BCUT2D eigenvalue weighted by Crippen LogP contribution is -2.17. The van der Waals surface area contributed by atoms with E-state index in [-0.39, 0.29) is 11.4 Å². The Kier molecular flexibility index (Phi) is 5.35. The molecular weight excluding hydrogens is 430 g/mol. The molecule has 5 aromatic rings. The molecule has 1 amide bonds. The highest BCUT2D eigenvalue weighted by Gasteiger charge is 2.20. The first kappa shape index (κ1) is 21.1. The van der Waals surface area contributed by atoms with Gasteiger partial charge in [-0.15, -0.1) is 0 Å². The maximum atomic E-state index is 12.2. The SMILES string of the molecule is Cc1ccc2[nH]ncc2c1-c1cc(-c2cccc(OCc3cccnc3)n2)nc(C(N)=O)c1N. The molecule has 1 aromatic carbocycles. The van der Waals surface area contributed by atoms with Crippen molar-refractivity contribution in [3.8, 4) is 28.4 Å². The molecule has 0 aliphatic rings. The number of hydrogen-bond donors (Lipinski definition) is 3. The second-order valence-electron chi connectivity index (χ2n) is 7.78. The first-order chi connectivity index (χ1) is 16.5. The number of nitrogens with two attached hydrogens (primary N) is 2. The maximum Gasteiger partial charge on any atom is 0.269 e. The fraction of sp³-hybridized carbons (Fsp3) is 0.0800. The highest BCUT2D eigenvalue weighted by molar-refractivity contribution is 6.05. The maximum absolute atomic E-state index is 12.2. The zero-order chi connectivity index (χ0) is 23.7. The van der Waals surface area contributed by atoms with Crippen LogP contribution in [-0.2, 0) is 6.61 Å². The summed E-state index contributed by atoms with van der Waals surface area (Å²) in [6.45, 7) is 2.29. The van der Waals surface area contributed by atoms with Gasteiger partial charge in [-0.05, 0) is 42.3 Å². The molecule has 0 fully saturated rings. The molecular formula is C25H21N7O2.